The van der Waals surface area contributed by atoms with Crippen molar-refractivity contribution in [1.29, 1.82) is 0 Å². The Labute approximate surface area is 147 Å². The Morgan fingerprint density at radius 1 is 1.36 bits per heavy atom. The summed E-state index contributed by atoms with van der Waals surface area (Å²) in [6.07, 6.45) is 1.68. The van der Waals surface area contributed by atoms with E-state index in [0.29, 0.717) is 12.5 Å². The highest BCUT2D eigenvalue weighted by Crippen LogP contribution is 2.26. The Balaban J connectivity index is 1.62. The SMILES string of the molecule is CC(C)CC(N)c1[nH]nc2c1CN(NC(=O)Nc1ccccc1)CC2. The number of rotatable bonds is 5. The molecule has 5 N–H and O–H groups in total. The minimum atomic E-state index is -0.244. The van der Waals surface area contributed by atoms with Crippen LogP contribution in [0.1, 0.15) is 43.3 Å². The van der Waals surface area contributed by atoms with Crippen LogP contribution >= 0.6 is 0 Å². The molecule has 0 spiro atoms. The van der Waals surface area contributed by atoms with E-state index in [4.69, 9.17) is 5.73 Å². The van der Waals surface area contributed by atoms with Gasteiger partial charge in [-0.15, -0.1) is 0 Å². The number of fused-ring (bicyclic) bond motifs is 1. The molecule has 2 aromatic rings. The standard InChI is InChI=1S/C18H26N6O/c1-12(2)10-15(19)17-14-11-24(9-8-16(14)21-22-17)23-18(25)20-13-6-4-3-5-7-13/h3-7,12,15H,8-11,19H2,1-2H3,(H,21,22)(H2,20,23,25). The lowest BCUT2D eigenvalue weighted by Crippen LogP contribution is -2.46. The number of carbonyl (C=O) groups excluding carboxylic acids is 1. The van der Waals surface area contributed by atoms with Crippen molar-refractivity contribution in [3.63, 3.8) is 0 Å². The Bertz CT molecular complexity index is 712. The Hall–Kier alpha value is -2.38. The quantitative estimate of drug-likeness (QED) is 0.671. The van der Waals surface area contributed by atoms with Crippen LogP contribution in [0.5, 0.6) is 0 Å². The zero-order chi connectivity index (χ0) is 17.8. The second-order valence-corrected chi connectivity index (χ2v) is 6.90. The summed E-state index contributed by atoms with van der Waals surface area (Å²) in [6.45, 7) is 5.64. The van der Waals surface area contributed by atoms with Gasteiger partial charge in [-0.25, -0.2) is 9.80 Å². The lowest BCUT2D eigenvalue weighted by atomic mass is 9.97. The second kappa shape index (κ2) is 7.67. The molecule has 1 aromatic carbocycles. The number of H-pyrrole nitrogens is 1. The van der Waals surface area contributed by atoms with E-state index >= 15 is 0 Å². The third-order valence-electron chi connectivity index (χ3n) is 4.34. The minimum Gasteiger partial charge on any atom is -0.323 e. The summed E-state index contributed by atoms with van der Waals surface area (Å²) in [5, 5.41) is 12.2. The number of hydrogen-bond acceptors (Lipinski definition) is 4. The van der Waals surface area contributed by atoms with Crippen LogP contribution in [0.4, 0.5) is 10.5 Å². The molecule has 25 heavy (non-hydrogen) atoms. The number of carbonyl (C=O) groups is 1. The van der Waals surface area contributed by atoms with Gasteiger partial charge in [0.1, 0.15) is 0 Å². The van der Waals surface area contributed by atoms with Gasteiger partial charge in [-0.3, -0.25) is 10.5 Å². The maximum absolute atomic E-state index is 12.2. The lowest BCUT2D eigenvalue weighted by molar-refractivity contribution is 0.172. The molecule has 1 aliphatic rings. The fraction of sp³-hybridized carbons (Fsp3) is 0.444. The minimum absolute atomic E-state index is 0.0608. The first kappa shape index (κ1) is 17.4. The molecule has 0 fully saturated rings. The number of para-hydroxylation sites is 1. The molecule has 1 unspecified atom stereocenters. The zero-order valence-corrected chi connectivity index (χ0v) is 14.7. The smallest absolute Gasteiger partial charge is 0.323 e. The average molecular weight is 342 g/mol. The van der Waals surface area contributed by atoms with Crippen LogP contribution in [0.25, 0.3) is 0 Å². The number of nitrogens with zero attached hydrogens (tertiary/aromatic N) is 2. The van der Waals surface area contributed by atoms with E-state index in [1.807, 2.05) is 35.3 Å². The number of nitrogens with two attached hydrogens (primary N) is 1. The number of hydrogen-bond donors (Lipinski definition) is 4. The molecule has 2 heterocycles. The molecule has 3 rings (SSSR count). The number of urea groups is 1. The van der Waals surface area contributed by atoms with Gasteiger partial charge in [-0.2, -0.15) is 5.10 Å². The molecule has 7 nitrogen and oxygen atoms in total. The molecule has 0 radical (unpaired) electrons. The fourth-order valence-electron chi connectivity index (χ4n) is 3.16. The van der Waals surface area contributed by atoms with E-state index in [-0.39, 0.29) is 12.1 Å². The number of aromatic nitrogens is 2. The van der Waals surface area contributed by atoms with Gasteiger partial charge in [-0.1, -0.05) is 32.0 Å². The van der Waals surface area contributed by atoms with Crippen molar-refractivity contribution in [3.05, 3.63) is 47.3 Å². The number of hydrazine groups is 1. The summed E-state index contributed by atoms with van der Waals surface area (Å²) in [6, 6.07) is 9.09. The van der Waals surface area contributed by atoms with Gasteiger partial charge in [0.15, 0.2) is 0 Å². The van der Waals surface area contributed by atoms with Crippen LogP contribution in [0, 0.1) is 5.92 Å². The first-order chi connectivity index (χ1) is 12.0. The maximum atomic E-state index is 12.2. The van der Waals surface area contributed by atoms with Crippen molar-refractivity contribution in [2.75, 3.05) is 11.9 Å². The molecule has 2 amide bonds. The monoisotopic (exact) mass is 342 g/mol. The van der Waals surface area contributed by atoms with Gasteiger partial charge in [-0.05, 0) is 24.5 Å². The van der Waals surface area contributed by atoms with Crippen LogP contribution in [0.15, 0.2) is 30.3 Å². The molecule has 1 atom stereocenters. The van der Waals surface area contributed by atoms with E-state index in [0.717, 1.165) is 42.0 Å². The molecule has 7 heteroatoms. The average Bonchev–Trinajstić information content (AvgIpc) is 2.98. The predicted octanol–water partition coefficient (Wildman–Crippen LogP) is 2.55. The van der Waals surface area contributed by atoms with Crippen molar-refractivity contribution in [1.82, 2.24) is 20.6 Å². The van der Waals surface area contributed by atoms with Crippen LogP contribution in [0.2, 0.25) is 0 Å². The number of anilines is 1. The summed E-state index contributed by atoms with van der Waals surface area (Å²) in [4.78, 5) is 12.2. The summed E-state index contributed by atoms with van der Waals surface area (Å²) >= 11 is 0. The highest BCUT2D eigenvalue weighted by atomic mass is 16.2. The van der Waals surface area contributed by atoms with Crippen LogP contribution in [-0.2, 0) is 13.0 Å². The Morgan fingerprint density at radius 2 is 2.12 bits per heavy atom. The van der Waals surface area contributed by atoms with E-state index in [1.165, 1.54) is 0 Å². The molecular formula is C18H26N6O. The highest BCUT2D eigenvalue weighted by molar-refractivity contribution is 5.88. The van der Waals surface area contributed by atoms with Crippen molar-refractivity contribution in [3.8, 4) is 0 Å². The Morgan fingerprint density at radius 3 is 2.84 bits per heavy atom. The van der Waals surface area contributed by atoms with E-state index in [2.05, 4.69) is 34.8 Å². The first-order valence-corrected chi connectivity index (χ1v) is 8.72. The zero-order valence-electron chi connectivity index (χ0n) is 14.7. The first-order valence-electron chi connectivity index (χ1n) is 8.72. The molecule has 0 bridgehead atoms. The molecule has 0 saturated carbocycles. The fourth-order valence-corrected chi connectivity index (χ4v) is 3.16. The molecule has 0 aliphatic carbocycles. The normalized spacial score (nSPS) is 15.7. The van der Waals surface area contributed by atoms with E-state index in [1.54, 1.807) is 0 Å². The van der Waals surface area contributed by atoms with Crippen molar-refractivity contribution < 1.29 is 4.79 Å². The second-order valence-electron chi connectivity index (χ2n) is 6.90. The molecular weight excluding hydrogens is 316 g/mol. The summed E-state index contributed by atoms with van der Waals surface area (Å²) in [5.41, 5.74) is 13.1. The Kier molecular flexibility index (Phi) is 5.35. The molecule has 1 aliphatic heterocycles. The molecule has 0 saturated heterocycles. The van der Waals surface area contributed by atoms with E-state index in [9.17, 15) is 4.79 Å². The summed E-state index contributed by atoms with van der Waals surface area (Å²) < 4.78 is 0. The van der Waals surface area contributed by atoms with Gasteiger partial charge < -0.3 is 11.1 Å². The maximum Gasteiger partial charge on any atom is 0.333 e. The summed E-state index contributed by atoms with van der Waals surface area (Å²) in [7, 11) is 0. The van der Waals surface area contributed by atoms with Crippen LogP contribution < -0.4 is 16.5 Å². The predicted molar refractivity (Wildman–Crippen MR) is 97.7 cm³/mol. The lowest BCUT2D eigenvalue weighted by Gasteiger charge is -2.28. The van der Waals surface area contributed by atoms with Gasteiger partial charge in [0.05, 0.1) is 11.4 Å². The number of benzene rings is 1. The number of amides is 2. The van der Waals surface area contributed by atoms with Gasteiger partial charge in [0, 0.05) is 36.8 Å². The highest BCUT2D eigenvalue weighted by Gasteiger charge is 2.25. The van der Waals surface area contributed by atoms with Crippen LogP contribution in [0.3, 0.4) is 0 Å². The van der Waals surface area contributed by atoms with Crippen molar-refractivity contribution >= 4 is 11.7 Å². The number of nitrogens with one attached hydrogen (secondary N) is 3. The van der Waals surface area contributed by atoms with E-state index < -0.39 is 0 Å². The van der Waals surface area contributed by atoms with Crippen LogP contribution in [-0.4, -0.2) is 27.8 Å². The van der Waals surface area contributed by atoms with Crippen molar-refractivity contribution in [2.45, 2.75) is 39.3 Å². The molecule has 1 aromatic heterocycles. The van der Waals surface area contributed by atoms with Crippen molar-refractivity contribution in [2.24, 2.45) is 11.7 Å². The molecule has 134 valence electrons. The van der Waals surface area contributed by atoms with Gasteiger partial charge in [0.2, 0.25) is 0 Å². The van der Waals surface area contributed by atoms with Gasteiger partial charge in [0.25, 0.3) is 0 Å². The van der Waals surface area contributed by atoms with Gasteiger partial charge >= 0.3 is 6.03 Å². The third kappa shape index (κ3) is 4.37. The third-order valence-corrected chi connectivity index (χ3v) is 4.34. The largest absolute Gasteiger partial charge is 0.333 e. The summed E-state index contributed by atoms with van der Waals surface area (Å²) in [5.74, 6) is 0.517. The number of aromatic amines is 1. The topological polar surface area (TPSA) is 99.1 Å².